The summed E-state index contributed by atoms with van der Waals surface area (Å²) in [5.41, 5.74) is 0.825. The van der Waals surface area contributed by atoms with E-state index in [1.165, 1.54) is 19.3 Å². The summed E-state index contributed by atoms with van der Waals surface area (Å²) in [6.45, 7) is 5.18. The minimum absolute atomic E-state index is 0.0612. The van der Waals surface area contributed by atoms with Gasteiger partial charge in [-0.25, -0.2) is 0 Å². The summed E-state index contributed by atoms with van der Waals surface area (Å²) < 4.78 is 5.37. The summed E-state index contributed by atoms with van der Waals surface area (Å²) in [4.78, 5) is 14.1. The van der Waals surface area contributed by atoms with E-state index < -0.39 is 0 Å². The summed E-state index contributed by atoms with van der Waals surface area (Å²) in [6, 6.07) is 7.50. The summed E-state index contributed by atoms with van der Waals surface area (Å²) in [6.07, 6.45) is 3.70. The van der Waals surface area contributed by atoms with Crippen LogP contribution in [0, 0.1) is 0 Å². The minimum atomic E-state index is 0.0612. The fourth-order valence-corrected chi connectivity index (χ4v) is 2.32. The molecule has 0 saturated carbocycles. The number of likely N-dealkylation sites (tertiary alicyclic amines) is 1. The molecule has 2 rings (SSSR count). The first-order valence-electron chi connectivity index (χ1n) is 7.03. The molecule has 0 bridgehead atoms. The number of nitrogens with zero attached hydrogens (tertiary/aromatic N) is 1. The number of amides is 1. The molecular weight excluding hydrogens is 240 g/mol. The first-order valence-corrected chi connectivity index (χ1v) is 7.03. The van der Waals surface area contributed by atoms with E-state index in [0.717, 1.165) is 24.5 Å². The van der Waals surface area contributed by atoms with Crippen LogP contribution >= 0.6 is 0 Å². The Balaban J connectivity index is 1.80. The topological polar surface area (TPSA) is 41.6 Å². The van der Waals surface area contributed by atoms with Gasteiger partial charge in [-0.3, -0.25) is 9.69 Å². The number of hydrogen-bond acceptors (Lipinski definition) is 3. The van der Waals surface area contributed by atoms with E-state index in [0.29, 0.717) is 13.2 Å². The Morgan fingerprint density at radius 2 is 1.89 bits per heavy atom. The average Bonchev–Trinajstić information content (AvgIpc) is 2.42. The van der Waals surface area contributed by atoms with Gasteiger partial charge in [0.15, 0.2) is 0 Å². The third-order valence-corrected chi connectivity index (χ3v) is 3.26. The largest absolute Gasteiger partial charge is 0.494 e. The Morgan fingerprint density at radius 3 is 2.53 bits per heavy atom. The molecule has 104 valence electrons. The van der Waals surface area contributed by atoms with Crippen LogP contribution in [0.3, 0.4) is 0 Å². The minimum Gasteiger partial charge on any atom is -0.494 e. The molecule has 19 heavy (non-hydrogen) atoms. The second-order valence-electron chi connectivity index (χ2n) is 4.84. The van der Waals surface area contributed by atoms with Gasteiger partial charge in [-0.2, -0.15) is 0 Å². The number of nitrogens with one attached hydrogen (secondary N) is 1. The monoisotopic (exact) mass is 262 g/mol. The van der Waals surface area contributed by atoms with Crippen LogP contribution in [-0.4, -0.2) is 37.0 Å². The van der Waals surface area contributed by atoms with Crippen molar-refractivity contribution in [2.45, 2.75) is 26.2 Å². The number of carbonyl (C=O) groups excluding carboxylic acids is 1. The fraction of sp³-hybridized carbons (Fsp3) is 0.533. The van der Waals surface area contributed by atoms with Crippen molar-refractivity contribution >= 4 is 11.6 Å². The number of anilines is 1. The fourth-order valence-electron chi connectivity index (χ4n) is 2.32. The quantitative estimate of drug-likeness (QED) is 0.886. The van der Waals surface area contributed by atoms with Crippen molar-refractivity contribution in [2.75, 3.05) is 31.6 Å². The van der Waals surface area contributed by atoms with Gasteiger partial charge < -0.3 is 10.1 Å². The molecule has 4 nitrogen and oxygen atoms in total. The van der Waals surface area contributed by atoms with Crippen molar-refractivity contribution in [2.24, 2.45) is 0 Å². The number of benzene rings is 1. The van der Waals surface area contributed by atoms with Crippen molar-refractivity contribution in [1.29, 1.82) is 0 Å². The van der Waals surface area contributed by atoms with Gasteiger partial charge >= 0.3 is 0 Å². The first kappa shape index (κ1) is 13.9. The van der Waals surface area contributed by atoms with Crippen molar-refractivity contribution in [3.63, 3.8) is 0 Å². The molecule has 1 fully saturated rings. The van der Waals surface area contributed by atoms with Gasteiger partial charge in [-0.15, -0.1) is 0 Å². The van der Waals surface area contributed by atoms with Gasteiger partial charge in [-0.1, -0.05) is 6.42 Å². The van der Waals surface area contributed by atoms with Gasteiger partial charge in [0.05, 0.1) is 13.2 Å². The molecular formula is C15H22N2O2. The van der Waals surface area contributed by atoms with E-state index in [9.17, 15) is 4.79 Å². The molecule has 0 radical (unpaired) electrons. The standard InChI is InChI=1S/C15H22N2O2/c1-2-19-14-8-6-13(7-9-14)16-15(18)12-17-10-4-3-5-11-17/h6-9H,2-5,10-12H2,1H3,(H,16,18). The van der Waals surface area contributed by atoms with Crippen LogP contribution < -0.4 is 10.1 Å². The highest BCUT2D eigenvalue weighted by molar-refractivity contribution is 5.92. The van der Waals surface area contributed by atoms with Gasteiger partial charge in [0.25, 0.3) is 0 Å². The Bertz CT molecular complexity index is 397. The molecule has 1 heterocycles. The van der Waals surface area contributed by atoms with Crippen LogP contribution in [0.25, 0.3) is 0 Å². The van der Waals surface area contributed by atoms with Crippen LogP contribution in [-0.2, 0) is 4.79 Å². The first-order chi connectivity index (χ1) is 9.28. The highest BCUT2D eigenvalue weighted by Crippen LogP contribution is 2.16. The second-order valence-corrected chi connectivity index (χ2v) is 4.84. The highest BCUT2D eigenvalue weighted by atomic mass is 16.5. The third-order valence-electron chi connectivity index (χ3n) is 3.26. The predicted molar refractivity (Wildman–Crippen MR) is 76.5 cm³/mol. The molecule has 1 aromatic rings. The number of piperidine rings is 1. The van der Waals surface area contributed by atoms with Gasteiger partial charge in [-0.05, 0) is 57.1 Å². The zero-order valence-electron chi connectivity index (χ0n) is 11.5. The normalized spacial score (nSPS) is 16.1. The van der Waals surface area contributed by atoms with E-state index in [4.69, 9.17) is 4.74 Å². The summed E-state index contributed by atoms with van der Waals surface area (Å²) in [5.74, 6) is 0.891. The molecule has 0 spiro atoms. The zero-order valence-corrected chi connectivity index (χ0v) is 11.5. The Hall–Kier alpha value is -1.55. The molecule has 1 aromatic carbocycles. The molecule has 1 aliphatic heterocycles. The SMILES string of the molecule is CCOc1ccc(NC(=O)CN2CCCCC2)cc1. The Labute approximate surface area is 114 Å². The maximum Gasteiger partial charge on any atom is 0.238 e. The molecule has 0 atom stereocenters. The lowest BCUT2D eigenvalue weighted by Crippen LogP contribution is -2.36. The van der Waals surface area contributed by atoms with Crippen molar-refractivity contribution in [1.82, 2.24) is 4.90 Å². The van der Waals surface area contributed by atoms with Crippen molar-refractivity contribution < 1.29 is 9.53 Å². The molecule has 0 unspecified atom stereocenters. The molecule has 0 aromatic heterocycles. The lowest BCUT2D eigenvalue weighted by molar-refractivity contribution is -0.117. The van der Waals surface area contributed by atoms with Gasteiger partial charge in [0.1, 0.15) is 5.75 Å². The smallest absolute Gasteiger partial charge is 0.238 e. The van der Waals surface area contributed by atoms with E-state index in [2.05, 4.69) is 10.2 Å². The summed E-state index contributed by atoms with van der Waals surface area (Å²) in [5, 5.41) is 2.92. The highest BCUT2D eigenvalue weighted by Gasteiger charge is 2.13. The van der Waals surface area contributed by atoms with E-state index in [1.807, 2.05) is 31.2 Å². The van der Waals surface area contributed by atoms with Crippen LogP contribution in [0.1, 0.15) is 26.2 Å². The van der Waals surface area contributed by atoms with Crippen LogP contribution in [0.2, 0.25) is 0 Å². The summed E-state index contributed by atoms with van der Waals surface area (Å²) in [7, 11) is 0. The molecule has 1 N–H and O–H groups in total. The zero-order chi connectivity index (χ0) is 13.5. The molecule has 0 aliphatic carbocycles. The van der Waals surface area contributed by atoms with Crippen LogP contribution in [0.4, 0.5) is 5.69 Å². The van der Waals surface area contributed by atoms with E-state index >= 15 is 0 Å². The number of rotatable bonds is 5. The van der Waals surface area contributed by atoms with Crippen LogP contribution in [0.5, 0.6) is 5.75 Å². The molecule has 1 amide bonds. The second kappa shape index (κ2) is 7.14. The molecule has 1 aliphatic rings. The molecule has 4 heteroatoms. The predicted octanol–water partition coefficient (Wildman–Crippen LogP) is 2.51. The lowest BCUT2D eigenvalue weighted by atomic mass is 10.1. The maximum absolute atomic E-state index is 11.9. The van der Waals surface area contributed by atoms with Crippen molar-refractivity contribution in [3.8, 4) is 5.75 Å². The number of carbonyl (C=O) groups is 1. The van der Waals surface area contributed by atoms with Gasteiger partial charge in [0, 0.05) is 5.69 Å². The Morgan fingerprint density at radius 1 is 1.21 bits per heavy atom. The maximum atomic E-state index is 11.9. The summed E-state index contributed by atoms with van der Waals surface area (Å²) >= 11 is 0. The van der Waals surface area contributed by atoms with E-state index in [1.54, 1.807) is 0 Å². The van der Waals surface area contributed by atoms with E-state index in [-0.39, 0.29) is 5.91 Å². The van der Waals surface area contributed by atoms with Gasteiger partial charge in [0.2, 0.25) is 5.91 Å². The average molecular weight is 262 g/mol. The molecule has 1 saturated heterocycles. The lowest BCUT2D eigenvalue weighted by Gasteiger charge is -2.25. The van der Waals surface area contributed by atoms with Crippen LogP contribution in [0.15, 0.2) is 24.3 Å². The Kier molecular flexibility index (Phi) is 5.21. The number of ether oxygens (including phenoxy) is 1. The number of hydrogen-bond donors (Lipinski definition) is 1. The van der Waals surface area contributed by atoms with Crippen molar-refractivity contribution in [3.05, 3.63) is 24.3 Å². The third kappa shape index (κ3) is 4.56.